The number of carbonyl (C=O) groups excluding carboxylic acids is 2. The molecule has 0 spiro atoms. The van der Waals surface area contributed by atoms with E-state index in [-0.39, 0.29) is 25.7 Å². The Labute approximate surface area is 211 Å². The van der Waals surface area contributed by atoms with Crippen molar-refractivity contribution in [3.05, 3.63) is 108 Å². The van der Waals surface area contributed by atoms with E-state index >= 15 is 0 Å². The van der Waals surface area contributed by atoms with E-state index in [4.69, 9.17) is 14.2 Å². The first-order valence-corrected chi connectivity index (χ1v) is 11.8. The van der Waals surface area contributed by atoms with Gasteiger partial charge in [0.2, 0.25) is 0 Å². The molecular formula is C29H32O7. The molecule has 0 saturated carbocycles. The molecular weight excluding hydrogens is 460 g/mol. The second-order valence-corrected chi connectivity index (χ2v) is 8.36. The Morgan fingerprint density at radius 1 is 0.694 bits per heavy atom. The summed E-state index contributed by atoms with van der Waals surface area (Å²) in [6.45, 7) is 2.93. The number of carbonyl (C=O) groups is 2. The number of hydrogen-bond acceptors (Lipinski definition) is 7. The lowest BCUT2D eigenvalue weighted by Crippen LogP contribution is -2.46. The van der Waals surface area contributed by atoms with Gasteiger partial charge in [0.25, 0.3) is 5.78 Å². The summed E-state index contributed by atoms with van der Waals surface area (Å²) in [6, 6.07) is 28.8. The first kappa shape index (κ1) is 27.2. The average molecular weight is 493 g/mol. The summed E-state index contributed by atoms with van der Waals surface area (Å²) in [6.07, 6.45) is -2.02. The van der Waals surface area contributed by atoms with Gasteiger partial charge in [0.05, 0.1) is 39.6 Å². The van der Waals surface area contributed by atoms with E-state index in [1.54, 1.807) is 0 Å². The minimum absolute atomic E-state index is 0.111. The van der Waals surface area contributed by atoms with Crippen LogP contribution in [-0.2, 0) is 53.4 Å². The Morgan fingerprint density at radius 2 is 1.17 bits per heavy atom. The highest BCUT2D eigenvalue weighted by Gasteiger charge is 2.39. The predicted octanol–water partition coefficient (Wildman–Crippen LogP) is 4.68. The van der Waals surface area contributed by atoms with Crippen LogP contribution >= 0.6 is 0 Å². The van der Waals surface area contributed by atoms with E-state index in [0.717, 1.165) is 23.8 Å². The van der Waals surface area contributed by atoms with E-state index in [9.17, 15) is 9.59 Å². The summed E-state index contributed by atoms with van der Waals surface area (Å²) in [5.74, 6) is -2.33. The third-order valence-corrected chi connectivity index (χ3v) is 5.53. The molecule has 7 heteroatoms. The second-order valence-electron chi connectivity index (χ2n) is 8.36. The molecule has 3 aromatic carbocycles. The standard InChI is InChI=1S/C29H32O7/c1-22(18-33-19-23-12-6-3-7-13-23)27(34-20-24-14-8-4-9-15-24)28(26(30)29(31)36-32-2)35-21-25-16-10-5-11-17-25/h3-17,22,27-28H,18-21H2,1-2H3. The number of hydrogen-bond donors (Lipinski definition) is 0. The molecule has 3 rings (SSSR count). The quantitative estimate of drug-likeness (QED) is 0.173. The number of benzene rings is 3. The predicted molar refractivity (Wildman–Crippen MR) is 133 cm³/mol. The minimum Gasteiger partial charge on any atom is -0.376 e. The van der Waals surface area contributed by atoms with Gasteiger partial charge in [-0.1, -0.05) is 97.9 Å². The highest BCUT2D eigenvalue weighted by Crippen LogP contribution is 2.21. The van der Waals surface area contributed by atoms with Crippen LogP contribution in [0.15, 0.2) is 91.0 Å². The van der Waals surface area contributed by atoms with Crippen molar-refractivity contribution in [1.82, 2.24) is 0 Å². The van der Waals surface area contributed by atoms with Gasteiger partial charge in [0, 0.05) is 5.92 Å². The zero-order valence-corrected chi connectivity index (χ0v) is 20.6. The van der Waals surface area contributed by atoms with Crippen molar-refractivity contribution in [3.63, 3.8) is 0 Å². The maximum Gasteiger partial charge on any atom is 0.411 e. The molecule has 3 atom stereocenters. The summed E-state index contributed by atoms with van der Waals surface area (Å²) < 4.78 is 18.2. The smallest absolute Gasteiger partial charge is 0.376 e. The lowest BCUT2D eigenvalue weighted by atomic mass is 9.97. The zero-order chi connectivity index (χ0) is 25.6. The molecule has 0 N–H and O–H groups in total. The van der Waals surface area contributed by atoms with Gasteiger partial charge >= 0.3 is 5.97 Å². The molecule has 0 aliphatic heterocycles. The normalized spacial score (nSPS) is 13.5. The van der Waals surface area contributed by atoms with Crippen molar-refractivity contribution < 1.29 is 33.6 Å². The van der Waals surface area contributed by atoms with E-state index in [1.807, 2.05) is 97.9 Å². The fraction of sp³-hybridized carbons (Fsp3) is 0.310. The minimum atomic E-state index is -1.23. The van der Waals surface area contributed by atoms with E-state index in [0.29, 0.717) is 6.61 Å². The van der Waals surface area contributed by atoms with Crippen LogP contribution in [0, 0.1) is 5.92 Å². The van der Waals surface area contributed by atoms with Gasteiger partial charge in [-0.2, -0.15) is 4.89 Å². The molecule has 0 saturated heterocycles. The topological polar surface area (TPSA) is 80.3 Å². The van der Waals surface area contributed by atoms with Crippen molar-refractivity contribution in [2.45, 2.75) is 39.0 Å². The zero-order valence-electron chi connectivity index (χ0n) is 20.6. The van der Waals surface area contributed by atoms with E-state index in [2.05, 4.69) is 9.78 Å². The van der Waals surface area contributed by atoms with Crippen LogP contribution in [0.4, 0.5) is 0 Å². The molecule has 7 nitrogen and oxygen atoms in total. The van der Waals surface area contributed by atoms with Crippen molar-refractivity contribution >= 4 is 11.8 Å². The molecule has 0 radical (unpaired) electrons. The molecule has 3 aromatic rings. The summed E-state index contributed by atoms with van der Waals surface area (Å²) in [7, 11) is 1.16. The summed E-state index contributed by atoms with van der Waals surface area (Å²) in [4.78, 5) is 34.4. The summed E-state index contributed by atoms with van der Waals surface area (Å²) in [5.41, 5.74) is 2.81. The average Bonchev–Trinajstić information content (AvgIpc) is 2.92. The highest BCUT2D eigenvalue weighted by atomic mass is 17.2. The maximum atomic E-state index is 13.1. The molecule has 0 heterocycles. The first-order valence-electron chi connectivity index (χ1n) is 11.8. The molecule has 36 heavy (non-hydrogen) atoms. The van der Waals surface area contributed by atoms with Crippen LogP contribution in [-0.4, -0.2) is 37.7 Å². The maximum absolute atomic E-state index is 13.1. The third kappa shape index (κ3) is 8.70. The van der Waals surface area contributed by atoms with Gasteiger partial charge in [0.15, 0.2) is 6.10 Å². The van der Waals surface area contributed by atoms with Crippen molar-refractivity contribution in [2.75, 3.05) is 13.7 Å². The van der Waals surface area contributed by atoms with Crippen LogP contribution < -0.4 is 0 Å². The molecule has 0 aliphatic rings. The molecule has 0 fully saturated rings. The summed E-state index contributed by atoms with van der Waals surface area (Å²) >= 11 is 0. The Kier molecular flexibility index (Phi) is 11.3. The molecule has 0 aliphatic carbocycles. The van der Waals surface area contributed by atoms with Crippen LogP contribution in [0.3, 0.4) is 0 Å². The lowest BCUT2D eigenvalue weighted by molar-refractivity contribution is -0.254. The first-order chi connectivity index (χ1) is 17.6. The van der Waals surface area contributed by atoms with Crippen LogP contribution in [0.5, 0.6) is 0 Å². The third-order valence-electron chi connectivity index (χ3n) is 5.53. The number of Topliss-reactive ketones (excluding diaryl/α,β-unsaturated/α-hetero) is 1. The Balaban J connectivity index is 1.78. The summed E-state index contributed by atoms with van der Waals surface area (Å²) in [5, 5.41) is 0. The lowest BCUT2D eigenvalue weighted by Gasteiger charge is -2.30. The van der Waals surface area contributed by atoms with E-state index in [1.165, 1.54) is 0 Å². The Hall–Kier alpha value is -3.36. The molecule has 3 unspecified atom stereocenters. The second kappa shape index (κ2) is 14.9. The number of ketones is 1. The highest BCUT2D eigenvalue weighted by molar-refractivity contribution is 6.35. The van der Waals surface area contributed by atoms with Gasteiger partial charge in [-0.05, 0) is 16.7 Å². The van der Waals surface area contributed by atoms with Gasteiger partial charge < -0.3 is 14.2 Å². The van der Waals surface area contributed by atoms with Crippen LogP contribution in [0.1, 0.15) is 23.6 Å². The fourth-order valence-corrected chi connectivity index (χ4v) is 3.66. The van der Waals surface area contributed by atoms with Crippen LogP contribution in [0.2, 0.25) is 0 Å². The molecule has 0 bridgehead atoms. The Morgan fingerprint density at radius 3 is 1.67 bits per heavy atom. The van der Waals surface area contributed by atoms with Crippen molar-refractivity contribution in [3.8, 4) is 0 Å². The van der Waals surface area contributed by atoms with E-state index < -0.39 is 24.0 Å². The number of ether oxygens (including phenoxy) is 3. The van der Waals surface area contributed by atoms with Gasteiger partial charge in [-0.15, -0.1) is 0 Å². The molecule has 0 amide bonds. The Bertz CT molecular complexity index is 1040. The monoisotopic (exact) mass is 492 g/mol. The van der Waals surface area contributed by atoms with Crippen molar-refractivity contribution in [2.24, 2.45) is 5.92 Å². The fourth-order valence-electron chi connectivity index (χ4n) is 3.66. The molecule has 190 valence electrons. The van der Waals surface area contributed by atoms with Gasteiger partial charge in [-0.3, -0.25) is 9.68 Å². The van der Waals surface area contributed by atoms with Gasteiger partial charge in [-0.25, -0.2) is 4.79 Å². The molecule has 0 aromatic heterocycles. The van der Waals surface area contributed by atoms with Gasteiger partial charge in [0.1, 0.15) is 0 Å². The number of rotatable bonds is 15. The van der Waals surface area contributed by atoms with Crippen molar-refractivity contribution in [1.29, 1.82) is 0 Å². The SMILES string of the molecule is COOC(=O)C(=O)C(OCc1ccccc1)C(OCc1ccccc1)C(C)COCc1ccccc1. The largest absolute Gasteiger partial charge is 0.411 e. The van der Waals surface area contributed by atoms with Crippen LogP contribution in [0.25, 0.3) is 0 Å².